The Morgan fingerprint density at radius 3 is 2.48 bits per heavy atom. The van der Waals surface area contributed by atoms with Crippen LogP contribution in [0.25, 0.3) is 0 Å². The van der Waals surface area contributed by atoms with Gasteiger partial charge < -0.3 is 14.2 Å². The average molecular weight is 373 g/mol. The van der Waals surface area contributed by atoms with Gasteiger partial charge in [0.05, 0.1) is 24.9 Å². The standard InChI is InChI=1S/C21H21F2NO3/c1-2-3-17-12-27-19(13-25-17)15-6-4-14(5-7-15)11-26-18-9-8-16(10-24)20(22)21(18)23/h4-9,17,19H,2-3,11-13H2,1H3. The molecule has 0 aromatic heterocycles. The van der Waals surface area contributed by atoms with Crippen molar-refractivity contribution in [1.82, 2.24) is 0 Å². The minimum absolute atomic E-state index is 0.0864. The van der Waals surface area contributed by atoms with Crippen LogP contribution in [0.1, 0.15) is 42.6 Å². The van der Waals surface area contributed by atoms with Gasteiger partial charge in [0.25, 0.3) is 0 Å². The van der Waals surface area contributed by atoms with E-state index in [-0.39, 0.29) is 30.1 Å². The van der Waals surface area contributed by atoms with E-state index in [1.54, 1.807) is 6.07 Å². The minimum Gasteiger partial charge on any atom is -0.486 e. The normalized spacial score (nSPS) is 19.5. The van der Waals surface area contributed by atoms with Crippen LogP contribution >= 0.6 is 0 Å². The lowest BCUT2D eigenvalue weighted by atomic mass is 10.1. The van der Waals surface area contributed by atoms with Gasteiger partial charge in [-0.1, -0.05) is 37.6 Å². The quantitative estimate of drug-likeness (QED) is 0.738. The lowest BCUT2D eigenvalue weighted by Gasteiger charge is -2.29. The molecule has 4 nitrogen and oxygen atoms in total. The second-order valence-corrected chi connectivity index (χ2v) is 6.45. The molecule has 1 saturated heterocycles. The molecule has 2 unspecified atom stereocenters. The molecule has 1 aliphatic rings. The van der Waals surface area contributed by atoms with Crippen LogP contribution in [0.5, 0.6) is 5.75 Å². The number of hydrogen-bond acceptors (Lipinski definition) is 4. The fourth-order valence-corrected chi connectivity index (χ4v) is 2.94. The number of benzene rings is 2. The number of hydrogen-bond donors (Lipinski definition) is 0. The van der Waals surface area contributed by atoms with Crippen molar-refractivity contribution in [3.63, 3.8) is 0 Å². The molecule has 1 fully saturated rings. The summed E-state index contributed by atoms with van der Waals surface area (Å²) in [5.74, 6) is -2.57. The first-order chi connectivity index (χ1) is 13.1. The molecule has 1 heterocycles. The van der Waals surface area contributed by atoms with E-state index in [1.165, 1.54) is 12.1 Å². The summed E-state index contributed by atoms with van der Waals surface area (Å²) >= 11 is 0. The molecule has 0 amide bonds. The van der Waals surface area contributed by atoms with E-state index in [4.69, 9.17) is 19.5 Å². The third kappa shape index (κ3) is 4.62. The predicted molar refractivity (Wildman–Crippen MR) is 95.2 cm³/mol. The summed E-state index contributed by atoms with van der Waals surface area (Å²) in [6, 6.07) is 11.6. The molecule has 0 bridgehead atoms. The Labute approximate surface area is 157 Å². The second-order valence-electron chi connectivity index (χ2n) is 6.45. The largest absolute Gasteiger partial charge is 0.486 e. The van der Waals surface area contributed by atoms with E-state index >= 15 is 0 Å². The maximum absolute atomic E-state index is 13.9. The van der Waals surface area contributed by atoms with Gasteiger partial charge in [-0.3, -0.25) is 0 Å². The lowest BCUT2D eigenvalue weighted by Crippen LogP contribution is -2.30. The highest BCUT2D eigenvalue weighted by atomic mass is 19.2. The third-order valence-electron chi connectivity index (χ3n) is 4.49. The van der Waals surface area contributed by atoms with Crippen LogP contribution in [0.4, 0.5) is 8.78 Å². The van der Waals surface area contributed by atoms with Gasteiger partial charge in [-0.15, -0.1) is 0 Å². The van der Waals surface area contributed by atoms with E-state index in [2.05, 4.69) is 6.92 Å². The number of rotatable bonds is 6. The molecule has 0 radical (unpaired) electrons. The fourth-order valence-electron chi connectivity index (χ4n) is 2.94. The van der Waals surface area contributed by atoms with E-state index in [0.29, 0.717) is 13.2 Å². The maximum Gasteiger partial charge on any atom is 0.202 e. The van der Waals surface area contributed by atoms with Crippen LogP contribution in [-0.2, 0) is 16.1 Å². The SMILES string of the molecule is CCCC1COC(c2ccc(COc3ccc(C#N)c(F)c3F)cc2)CO1. The van der Waals surface area contributed by atoms with Crippen molar-refractivity contribution >= 4 is 0 Å². The van der Waals surface area contributed by atoms with Crippen molar-refractivity contribution < 1.29 is 23.0 Å². The zero-order chi connectivity index (χ0) is 19.2. The molecule has 0 saturated carbocycles. The Morgan fingerprint density at radius 2 is 1.85 bits per heavy atom. The van der Waals surface area contributed by atoms with Gasteiger partial charge in [0.15, 0.2) is 11.6 Å². The molecule has 2 aromatic carbocycles. The first-order valence-electron chi connectivity index (χ1n) is 8.95. The third-order valence-corrected chi connectivity index (χ3v) is 4.49. The van der Waals surface area contributed by atoms with Gasteiger partial charge in [0.1, 0.15) is 18.8 Å². The van der Waals surface area contributed by atoms with E-state index in [9.17, 15) is 8.78 Å². The van der Waals surface area contributed by atoms with Crippen LogP contribution in [-0.4, -0.2) is 19.3 Å². The lowest BCUT2D eigenvalue weighted by molar-refractivity contribution is -0.137. The molecule has 142 valence electrons. The summed E-state index contributed by atoms with van der Waals surface area (Å²) in [7, 11) is 0. The molecule has 1 aliphatic heterocycles. The van der Waals surface area contributed by atoms with Crippen LogP contribution in [0, 0.1) is 23.0 Å². The Morgan fingerprint density at radius 1 is 1.07 bits per heavy atom. The van der Waals surface area contributed by atoms with Crippen LogP contribution in [0.3, 0.4) is 0 Å². The summed E-state index contributed by atoms with van der Waals surface area (Å²) in [5, 5.41) is 8.70. The molecular weight excluding hydrogens is 352 g/mol. The monoisotopic (exact) mass is 373 g/mol. The van der Waals surface area contributed by atoms with Crippen LogP contribution in [0.2, 0.25) is 0 Å². The van der Waals surface area contributed by atoms with Crippen molar-refractivity contribution in [2.24, 2.45) is 0 Å². The average Bonchev–Trinajstić information content (AvgIpc) is 2.70. The Hall–Kier alpha value is -2.49. The van der Waals surface area contributed by atoms with Crippen molar-refractivity contribution in [3.8, 4) is 11.8 Å². The van der Waals surface area contributed by atoms with E-state index in [1.807, 2.05) is 24.3 Å². The zero-order valence-corrected chi connectivity index (χ0v) is 15.1. The molecule has 3 rings (SSSR count). The summed E-state index contributed by atoms with van der Waals surface area (Å²) in [6.07, 6.45) is 2.13. The van der Waals surface area contributed by atoms with Crippen molar-refractivity contribution in [3.05, 3.63) is 64.7 Å². The predicted octanol–water partition coefficient (Wildman–Crippen LogP) is 4.67. The zero-order valence-electron chi connectivity index (χ0n) is 15.1. The van der Waals surface area contributed by atoms with Crippen LogP contribution in [0.15, 0.2) is 36.4 Å². The highest BCUT2D eigenvalue weighted by Gasteiger charge is 2.23. The van der Waals surface area contributed by atoms with Gasteiger partial charge in [-0.25, -0.2) is 4.39 Å². The number of nitrogens with zero attached hydrogens (tertiary/aromatic N) is 1. The Bertz CT molecular complexity index is 809. The van der Waals surface area contributed by atoms with Crippen molar-refractivity contribution in [2.45, 2.75) is 38.6 Å². The van der Waals surface area contributed by atoms with E-state index < -0.39 is 11.6 Å². The number of halogens is 2. The Kier molecular flexibility index (Phi) is 6.38. The first-order valence-corrected chi connectivity index (χ1v) is 8.95. The smallest absolute Gasteiger partial charge is 0.202 e. The van der Waals surface area contributed by atoms with Gasteiger partial charge >= 0.3 is 0 Å². The van der Waals surface area contributed by atoms with Gasteiger partial charge in [0.2, 0.25) is 5.82 Å². The summed E-state index contributed by atoms with van der Waals surface area (Å²) in [6.45, 7) is 3.32. The molecule has 2 atom stereocenters. The molecule has 0 N–H and O–H groups in total. The highest BCUT2D eigenvalue weighted by molar-refractivity contribution is 5.38. The Balaban J connectivity index is 1.57. The number of nitriles is 1. The number of ether oxygens (including phenoxy) is 3. The second kappa shape index (κ2) is 8.94. The molecule has 0 aliphatic carbocycles. The van der Waals surface area contributed by atoms with E-state index in [0.717, 1.165) is 24.0 Å². The molecule has 6 heteroatoms. The van der Waals surface area contributed by atoms with Crippen molar-refractivity contribution in [1.29, 1.82) is 5.26 Å². The summed E-state index contributed by atoms with van der Waals surface area (Å²) < 4.78 is 44.5. The molecule has 0 spiro atoms. The maximum atomic E-state index is 13.9. The van der Waals surface area contributed by atoms with Crippen molar-refractivity contribution in [2.75, 3.05) is 13.2 Å². The van der Waals surface area contributed by atoms with Gasteiger partial charge in [-0.05, 0) is 29.7 Å². The van der Waals surface area contributed by atoms with Gasteiger partial charge in [-0.2, -0.15) is 9.65 Å². The fraction of sp³-hybridized carbons (Fsp3) is 0.381. The summed E-state index contributed by atoms with van der Waals surface area (Å²) in [5.41, 5.74) is 1.47. The van der Waals surface area contributed by atoms with Gasteiger partial charge in [0, 0.05) is 0 Å². The first kappa shape index (κ1) is 19.3. The minimum atomic E-state index is -1.19. The highest BCUT2D eigenvalue weighted by Crippen LogP contribution is 2.26. The summed E-state index contributed by atoms with van der Waals surface area (Å²) in [4.78, 5) is 0. The molecule has 27 heavy (non-hydrogen) atoms. The molecule has 2 aromatic rings. The van der Waals surface area contributed by atoms with Crippen LogP contribution < -0.4 is 4.74 Å². The topological polar surface area (TPSA) is 51.5 Å². The molecular formula is C21H21F2NO3.